The molecule has 1 saturated carbocycles. The minimum absolute atomic E-state index is 0.0751. The highest BCUT2D eigenvalue weighted by atomic mass is 16.3. The molecule has 4 nitrogen and oxygen atoms in total. The number of amides is 1. The number of phenols is 1. The van der Waals surface area contributed by atoms with E-state index < -0.39 is 0 Å². The molecule has 0 spiro atoms. The molecule has 0 aromatic heterocycles. The van der Waals surface area contributed by atoms with E-state index in [0.29, 0.717) is 12.2 Å². The SMILES string of the molecule is Cc1ccc(NC(=O)CNCC2CC2)cc1O. The Morgan fingerprint density at radius 2 is 2.24 bits per heavy atom. The van der Waals surface area contributed by atoms with Crippen LogP contribution in [0.2, 0.25) is 0 Å². The molecule has 0 aliphatic heterocycles. The lowest BCUT2D eigenvalue weighted by Crippen LogP contribution is -2.29. The summed E-state index contributed by atoms with van der Waals surface area (Å²) in [5.74, 6) is 0.897. The summed E-state index contributed by atoms with van der Waals surface area (Å²) in [7, 11) is 0. The van der Waals surface area contributed by atoms with E-state index >= 15 is 0 Å². The quantitative estimate of drug-likeness (QED) is 0.725. The van der Waals surface area contributed by atoms with Gasteiger partial charge in [-0.1, -0.05) is 6.07 Å². The highest BCUT2D eigenvalue weighted by molar-refractivity contribution is 5.92. The standard InChI is InChI=1S/C13H18N2O2/c1-9-2-5-11(6-12(9)16)15-13(17)8-14-7-10-3-4-10/h2,5-6,10,14,16H,3-4,7-8H2,1H3,(H,15,17). The van der Waals surface area contributed by atoms with Gasteiger partial charge >= 0.3 is 0 Å². The summed E-state index contributed by atoms with van der Waals surface area (Å²) in [5.41, 5.74) is 1.43. The van der Waals surface area contributed by atoms with Gasteiger partial charge in [0.1, 0.15) is 5.75 Å². The number of benzene rings is 1. The van der Waals surface area contributed by atoms with E-state index in [9.17, 15) is 9.90 Å². The molecule has 0 atom stereocenters. The van der Waals surface area contributed by atoms with Gasteiger partial charge in [-0.05, 0) is 43.9 Å². The number of aromatic hydroxyl groups is 1. The van der Waals surface area contributed by atoms with E-state index in [0.717, 1.165) is 18.0 Å². The lowest BCUT2D eigenvalue weighted by Gasteiger charge is -2.07. The molecule has 1 amide bonds. The van der Waals surface area contributed by atoms with E-state index in [-0.39, 0.29) is 11.7 Å². The highest BCUT2D eigenvalue weighted by Crippen LogP contribution is 2.27. The molecule has 0 saturated heterocycles. The minimum atomic E-state index is -0.0751. The fraction of sp³-hybridized carbons (Fsp3) is 0.462. The highest BCUT2D eigenvalue weighted by Gasteiger charge is 2.20. The smallest absolute Gasteiger partial charge is 0.238 e. The summed E-state index contributed by atoms with van der Waals surface area (Å²) in [5, 5.41) is 15.4. The monoisotopic (exact) mass is 234 g/mol. The number of rotatable bonds is 5. The molecule has 0 unspecified atom stereocenters. The fourth-order valence-corrected chi connectivity index (χ4v) is 1.60. The van der Waals surface area contributed by atoms with Gasteiger partial charge in [-0.25, -0.2) is 0 Å². The minimum Gasteiger partial charge on any atom is -0.508 e. The average Bonchev–Trinajstić information content (AvgIpc) is 3.07. The van der Waals surface area contributed by atoms with Crippen LogP contribution in [0.1, 0.15) is 18.4 Å². The van der Waals surface area contributed by atoms with Gasteiger partial charge in [0.15, 0.2) is 0 Å². The third-order valence-electron chi connectivity index (χ3n) is 2.91. The summed E-state index contributed by atoms with van der Waals surface area (Å²) in [6, 6.07) is 5.13. The summed E-state index contributed by atoms with van der Waals surface area (Å²) in [6.45, 7) is 3.07. The first-order valence-electron chi connectivity index (χ1n) is 5.95. The molecule has 2 rings (SSSR count). The molecule has 17 heavy (non-hydrogen) atoms. The summed E-state index contributed by atoms with van der Waals surface area (Å²) in [6.07, 6.45) is 2.56. The molecule has 0 bridgehead atoms. The van der Waals surface area contributed by atoms with Crippen LogP contribution >= 0.6 is 0 Å². The molecular formula is C13H18N2O2. The zero-order chi connectivity index (χ0) is 12.3. The Morgan fingerprint density at radius 1 is 1.47 bits per heavy atom. The van der Waals surface area contributed by atoms with Gasteiger partial charge in [0.05, 0.1) is 6.54 Å². The van der Waals surface area contributed by atoms with Gasteiger partial charge in [-0.15, -0.1) is 0 Å². The molecule has 1 aliphatic rings. The van der Waals surface area contributed by atoms with Crippen molar-refractivity contribution in [3.63, 3.8) is 0 Å². The van der Waals surface area contributed by atoms with Crippen LogP contribution in [-0.4, -0.2) is 24.1 Å². The van der Waals surface area contributed by atoms with Crippen molar-refractivity contribution in [1.82, 2.24) is 5.32 Å². The van der Waals surface area contributed by atoms with Crippen molar-refractivity contribution in [2.75, 3.05) is 18.4 Å². The van der Waals surface area contributed by atoms with E-state index in [1.807, 2.05) is 6.92 Å². The maximum Gasteiger partial charge on any atom is 0.238 e. The van der Waals surface area contributed by atoms with E-state index in [1.165, 1.54) is 12.8 Å². The Labute approximate surface area is 101 Å². The maximum atomic E-state index is 11.6. The third kappa shape index (κ3) is 3.75. The van der Waals surface area contributed by atoms with Crippen molar-refractivity contribution >= 4 is 11.6 Å². The van der Waals surface area contributed by atoms with Crippen LogP contribution < -0.4 is 10.6 Å². The predicted octanol–water partition coefficient (Wildman–Crippen LogP) is 1.64. The van der Waals surface area contributed by atoms with E-state index in [2.05, 4.69) is 10.6 Å². The van der Waals surface area contributed by atoms with Crippen molar-refractivity contribution in [3.8, 4) is 5.75 Å². The molecule has 92 valence electrons. The van der Waals surface area contributed by atoms with Crippen LogP contribution in [0.25, 0.3) is 0 Å². The zero-order valence-electron chi connectivity index (χ0n) is 9.99. The number of carbonyl (C=O) groups is 1. The van der Waals surface area contributed by atoms with Gasteiger partial charge in [0.25, 0.3) is 0 Å². The predicted molar refractivity (Wildman–Crippen MR) is 67.1 cm³/mol. The van der Waals surface area contributed by atoms with Gasteiger partial charge in [-0.2, -0.15) is 0 Å². The molecular weight excluding hydrogens is 216 g/mol. The van der Waals surface area contributed by atoms with Gasteiger partial charge in [0, 0.05) is 11.8 Å². The first-order chi connectivity index (χ1) is 8.15. The number of aryl methyl sites for hydroxylation is 1. The van der Waals surface area contributed by atoms with Crippen molar-refractivity contribution in [2.45, 2.75) is 19.8 Å². The first-order valence-corrected chi connectivity index (χ1v) is 5.95. The third-order valence-corrected chi connectivity index (χ3v) is 2.91. The Morgan fingerprint density at radius 3 is 2.88 bits per heavy atom. The molecule has 1 aromatic carbocycles. The van der Waals surface area contributed by atoms with Gasteiger partial charge < -0.3 is 15.7 Å². The normalized spacial score (nSPS) is 14.6. The van der Waals surface area contributed by atoms with Crippen LogP contribution in [0.15, 0.2) is 18.2 Å². The second kappa shape index (κ2) is 5.19. The van der Waals surface area contributed by atoms with Crippen LogP contribution in [0.4, 0.5) is 5.69 Å². The van der Waals surface area contributed by atoms with Gasteiger partial charge in [0.2, 0.25) is 5.91 Å². The second-order valence-electron chi connectivity index (χ2n) is 4.62. The second-order valence-corrected chi connectivity index (χ2v) is 4.62. The average molecular weight is 234 g/mol. The summed E-state index contributed by atoms with van der Waals surface area (Å²) >= 11 is 0. The Balaban J connectivity index is 1.77. The lowest BCUT2D eigenvalue weighted by molar-refractivity contribution is -0.115. The maximum absolute atomic E-state index is 11.6. The lowest BCUT2D eigenvalue weighted by atomic mass is 10.2. The van der Waals surface area contributed by atoms with Crippen molar-refractivity contribution in [3.05, 3.63) is 23.8 Å². The number of hydrogen-bond donors (Lipinski definition) is 3. The van der Waals surface area contributed by atoms with Crippen molar-refractivity contribution < 1.29 is 9.90 Å². The molecule has 1 fully saturated rings. The van der Waals surface area contributed by atoms with Crippen LogP contribution in [-0.2, 0) is 4.79 Å². The van der Waals surface area contributed by atoms with Gasteiger partial charge in [-0.3, -0.25) is 4.79 Å². The number of anilines is 1. The fourth-order valence-electron chi connectivity index (χ4n) is 1.60. The molecule has 0 heterocycles. The Hall–Kier alpha value is -1.55. The number of phenolic OH excluding ortho intramolecular Hbond substituents is 1. The Bertz CT molecular complexity index is 414. The molecule has 4 heteroatoms. The summed E-state index contributed by atoms with van der Waals surface area (Å²) < 4.78 is 0. The van der Waals surface area contributed by atoms with Crippen molar-refractivity contribution in [2.24, 2.45) is 5.92 Å². The zero-order valence-corrected chi connectivity index (χ0v) is 9.99. The van der Waals surface area contributed by atoms with Crippen molar-refractivity contribution in [1.29, 1.82) is 0 Å². The number of hydrogen-bond acceptors (Lipinski definition) is 3. The Kier molecular flexibility index (Phi) is 3.64. The van der Waals surface area contributed by atoms with E-state index in [1.54, 1.807) is 18.2 Å². The first kappa shape index (κ1) is 11.9. The van der Waals surface area contributed by atoms with Crippen LogP contribution in [0.5, 0.6) is 5.75 Å². The molecule has 0 radical (unpaired) electrons. The number of nitrogens with one attached hydrogen (secondary N) is 2. The van der Waals surface area contributed by atoms with E-state index in [4.69, 9.17) is 0 Å². The largest absolute Gasteiger partial charge is 0.508 e. The summed E-state index contributed by atoms with van der Waals surface area (Å²) in [4.78, 5) is 11.6. The van der Waals surface area contributed by atoms with Crippen LogP contribution in [0, 0.1) is 12.8 Å². The molecule has 1 aromatic rings. The van der Waals surface area contributed by atoms with Crippen LogP contribution in [0.3, 0.4) is 0 Å². The molecule has 1 aliphatic carbocycles. The molecule has 3 N–H and O–H groups in total. The number of carbonyl (C=O) groups excluding carboxylic acids is 1. The topological polar surface area (TPSA) is 61.4 Å².